The minimum Gasteiger partial charge on any atom is -0.466 e. The van der Waals surface area contributed by atoms with Crippen molar-refractivity contribution in [2.45, 2.75) is 51.1 Å². The minimum absolute atomic E-state index is 0.142. The fourth-order valence-electron chi connectivity index (χ4n) is 3.50. The topological polar surface area (TPSA) is 28.4 Å². The normalized spacial score (nSPS) is 28.8. The molecule has 4 heteroatoms. The Bertz CT molecular complexity index is 422. The summed E-state index contributed by atoms with van der Waals surface area (Å²) < 4.78 is 6.87. The van der Waals surface area contributed by atoms with Gasteiger partial charge in [-0.3, -0.25) is 0 Å². The number of hydrogen-bond donors (Lipinski definition) is 1. The van der Waals surface area contributed by atoms with E-state index in [4.69, 9.17) is 4.42 Å². The molecule has 0 aromatic carbocycles. The molecule has 1 saturated carbocycles. The van der Waals surface area contributed by atoms with Gasteiger partial charge in [-0.2, -0.15) is 0 Å². The van der Waals surface area contributed by atoms with Crippen molar-refractivity contribution in [3.05, 3.63) is 22.6 Å². The van der Waals surface area contributed by atoms with Crippen molar-refractivity contribution >= 4 is 15.9 Å². The van der Waals surface area contributed by atoms with Crippen molar-refractivity contribution in [3.8, 4) is 0 Å². The van der Waals surface area contributed by atoms with Crippen LogP contribution in [-0.4, -0.2) is 31.1 Å². The van der Waals surface area contributed by atoms with Gasteiger partial charge in [-0.25, -0.2) is 0 Å². The third-order valence-corrected chi connectivity index (χ3v) is 5.54. The van der Waals surface area contributed by atoms with Crippen LogP contribution >= 0.6 is 15.9 Å². The number of hydrogen-bond acceptors (Lipinski definition) is 3. The summed E-state index contributed by atoms with van der Waals surface area (Å²) in [5.74, 6) is 1.88. The van der Waals surface area contributed by atoms with Gasteiger partial charge in [-0.05, 0) is 74.2 Å². The maximum absolute atomic E-state index is 5.80. The predicted molar refractivity (Wildman–Crippen MR) is 86.9 cm³/mol. The lowest BCUT2D eigenvalue weighted by Crippen LogP contribution is -2.55. The van der Waals surface area contributed by atoms with Gasteiger partial charge in [0.25, 0.3) is 0 Å². The number of likely N-dealkylation sites (N-methyl/N-ethyl adjacent to an activating group) is 2. The summed E-state index contributed by atoms with van der Waals surface area (Å²) in [6, 6.07) is 2.23. The molecule has 3 nitrogen and oxygen atoms in total. The highest BCUT2D eigenvalue weighted by Gasteiger charge is 2.45. The van der Waals surface area contributed by atoms with Crippen LogP contribution in [0.4, 0.5) is 0 Å². The van der Waals surface area contributed by atoms with Crippen molar-refractivity contribution < 1.29 is 4.42 Å². The molecule has 1 fully saturated rings. The molecule has 0 bridgehead atoms. The molecular weight excluding hydrogens is 316 g/mol. The molecule has 0 spiro atoms. The van der Waals surface area contributed by atoms with E-state index in [2.05, 4.69) is 54.1 Å². The molecule has 1 unspecified atom stereocenters. The summed E-state index contributed by atoms with van der Waals surface area (Å²) in [7, 11) is 4.41. The van der Waals surface area contributed by atoms with E-state index in [0.717, 1.165) is 22.7 Å². The Hall–Kier alpha value is -0.320. The summed E-state index contributed by atoms with van der Waals surface area (Å²) in [5, 5.41) is 3.67. The van der Waals surface area contributed by atoms with E-state index in [1.807, 2.05) is 6.07 Å². The molecule has 1 aliphatic rings. The first-order valence-corrected chi connectivity index (χ1v) is 8.44. The Morgan fingerprint density at radius 3 is 2.55 bits per heavy atom. The van der Waals surface area contributed by atoms with E-state index >= 15 is 0 Å². The number of nitrogens with zero attached hydrogens (tertiary/aromatic N) is 1. The highest BCUT2D eigenvalue weighted by Crippen LogP contribution is 2.45. The van der Waals surface area contributed by atoms with Gasteiger partial charge in [0.05, 0.1) is 16.8 Å². The van der Waals surface area contributed by atoms with Gasteiger partial charge in [0.15, 0.2) is 0 Å². The summed E-state index contributed by atoms with van der Waals surface area (Å²) >= 11 is 3.64. The lowest BCUT2D eigenvalue weighted by Gasteiger charge is -2.49. The molecule has 0 aliphatic heterocycles. The van der Waals surface area contributed by atoms with Crippen LogP contribution in [0, 0.1) is 5.92 Å². The predicted octanol–water partition coefficient (Wildman–Crippen LogP) is 4.20. The summed E-state index contributed by atoms with van der Waals surface area (Å²) in [5.41, 5.74) is 0.142. The van der Waals surface area contributed by atoms with E-state index in [9.17, 15) is 0 Å². The molecule has 0 radical (unpaired) electrons. The van der Waals surface area contributed by atoms with Crippen LogP contribution in [0.1, 0.15) is 51.3 Å². The van der Waals surface area contributed by atoms with Crippen LogP contribution in [0.5, 0.6) is 0 Å². The van der Waals surface area contributed by atoms with Crippen LogP contribution < -0.4 is 5.32 Å². The maximum atomic E-state index is 5.80. The summed E-state index contributed by atoms with van der Waals surface area (Å²) in [6.45, 7) is 5.48. The van der Waals surface area contributed by atoms with Crippen LogP contribution in [0.15, 0.2) is 21.2 Å². The quantitative estimate of drug-likeness (QED) is 0.868. The number of halogens is 1. The van der Waals surface area contributed by atoms with Crippen LogP contribution in [-0.2, 0) is 0 Å². The first-order chi connectivity index (χ1) is 9.51. The van der Waals surface area contributed by atoms with Gasteiger partial charge in [0.1, 0.15) is 5.76 Å². The standard InChI is InChI=1S/C16H27BrN2O/c1-5-18-15(14-13(17)8-11-20-14)16(19(3)4)9-6-12(2)7-10-16/h8,11-12,15,18H,5-7,9-10H2,1-4H3. The third-order valence-electron chi connectivity index (χ3n) is 4.88. The van der Waals surface area contributed by atoms with Gasteiger partial charge in [0.2, 0.25) is 0 Å². The van der Waals surface area contributed by atoms with Gasteiger partial charge >= 0.3 is 0 Å². The zero-order valence-corrected chi connectivity index (χ0v) is 14.7. The molecule has 0 saturated heterocycles. The first-order valence-electron chi connectivity index (χ1n) is 7.65. The number of rotatable bonds is 5. The van der Waals surface area contributed by atoms with E-state index in [0.29, 0.717) is 0 Å². The Morgan fingerprint density at radius 2 is 2.10 bits per heavy atom. The average molecular weight is 343 g/mol. The van der Waals surface area contributed by atoms with E-state index in [1.165, 1.54) is 25.7 Å². The van der Waals surface area contributed by atoms with Crippen LogP contribution in [0.3, 0.4) is 0 Å². The second kappa shape index (κ2) is 6.63. The fourth-order valence-corrected chi connectivity index (χ4v) is 3.93. The second-order valence-corrected chi connectivity index (χ2v) is 7.16. The zero-order valence-electron chi connectivity index (χ0n) is 13.1. The number of furan rings is 1. The third kappa shape index (κ3) is 2.97. The number of nitrogens with one attached hydrogen (secondary N) is 1. The van der Waals surface area contributed by atoms with Crippen molar-refractivity contribution in [1.29, 1.82) is 0 Å². The summed E-state index contributed by atoms with van der Waals surface area (Å²) in [6.07, 6.45) is 6.79. The molecule has 114 valence electrons. The molecule has 1 aliphatic carbocycles. The molecule has 1 heterocycles. The molecule has 0 amide bonds. The zero-order chi connectivity index (χ0) is 14.8. The lowest BCUT2D eigenvalue weighted by molar-refractivity contribution is 0.0355. The van der Waals surface area contributed by atoms with Crippen molar-refractivity contribution in [2.75, 3.05) is 20.6 Å². The Balaban J connectivity index is 2.36. The molecular formula is C16H27BrN2O. The fraction of sp³-hybridized carbons (Fsp3) is 0.750. The molecule has 2 rings (SSSR count). The monoisotopic (exact) mass is 342 g/mol. The maximum Gasteiger partial charge on any atom is 0.136 e. The van der Waals surface area contributed by atoms with Gasteiger partial charge in [-0.1, -0.05) is 13.8 Å². The van der Waals surface area contributed by atoms with E-state index < -0.39 is 0 Å². The van der Waals surface area contributed by atoms with E-state index in [-0.39, 0.29) is 11.6 Å². The highest BCUT2D eigenvalue weighted by molar-refractivity contribution is 9.10. The Labute approximate surface area is 131 Å². The SMILES string of the molecule is CCNC(c1occc1Br)C1(N(C)C)CCC(C)CC1. The smallest absolute Gasteiger partial charge is 0.136 e. The molecule has 1 aromatic rings. The molecule has 1 atom stereocenters. The van der Waals surface area contributed by atoms with Gasteiger partial charge in [0, 0.05) is 5.54 Å². The van der Waals surface area contributed by atoms with Gasteiger partial charge in [-0.15, -0.1) is 0 Å². The minimum atomic E-state index is 0.142. The average Bonchev–Trinajstić information content (AvgIpc) is 2.83. The Kier molecular flexibility index (Phi) is 5.32. The van der Waals surface area contributed by atoms with Crippen LogP contribution in [0.2, 0.25) is 0 Å². The lowest BCUT2D eigenvalue weighted by atomic mass is 9.71. The van der Waals surface area contributed by atoms with Crippen LogP contribution in [0.25, 0.3) is 0 Å². The second-order valence-electron chi connectivity index (χ2n) is 6.30. The van der Waals surface area contributed by atoms with Crippen molar-refractivity contribution in [3.63, 3.8) is 0 Å². The van der Waals surface area contributed by atoms with Crippen molar-refractivity contribution in [2.24, 2.45) is 5.92 Å². The van der Waals surface area contributed by atoms with E-state index in [1.54, 1.807) is 6.26 Å². The summed E-state index contributed by atoms with van der Waals surface area (Å²) in [4.78, 5) is 2.40. The van der Waals surface area contributed by atoms with Gasteiger partial charge < -0.3 is 14.6 Å². The highest BCUT2D eigenvalue weighted by atomic mass is 79.9. The molecule has 1 aromatic heterocycles. The Morgan fingerprint density at radius 1 is 1.45 bits per heavy atom. The van der Waals surface area contributed by atoms with Crippen molar-refractivity contribution in [1.82, 2.24) is 10.2 Å². The molecule has 1 N–H and O–H groups in total. The first kappa shape index (κ1) is 16.1. The largest absolute Gasteiger partial charge is 0.466 e. The molecule has 20 heavy (non-hydrogen) atoms.